The van der Waals surface area contributed by atoms with Gasteiger partial charge in [0.05, 0.1) is 23.2 Å². The summed E-state index contributed by atoms with van der Waals surface area (Å²) < 4.78 is 5.27. The molecule has 1 unspecified atom stereocenters. The first-order chi connectivity index (χ1) is 9.13. The number of ether oxygens (including phenoxy) is 1. The molecule has 0 aliphatic rings. The van der Waals surface area contributed by atoms with Crippen LogP contribution in [0.1, 0.15) is 13.8 Å². The Morgan fingerprint density at radius 1 is 1.32 bits per heavy atom. The van der Waals surface area contributed by atoms with Gasteiger partial charge >= 0.3 is 0 Å². The highest BCUT2D eigenvalue weighted by molar-refractivity contribution is 6.35. The summed E-state index contributed by atoms with van der Waals surface area (Å²) in [7, 11) is 1.72. The molecule has 0 amide bonds. The third-order valence-corrected chi connectivity index (χ3v) is 3.52. The van der Waals surface area contributed by atoms with Crippen LogP contribution in [0.25, 0.3) is 10.9 Å². The van der Waals surface area contributed by atoms with Crippen LogP contribution in [0.3, 0.4) is 0 Å². The molecule has 0 fully saturated rings. The second kappa shape index (κ2) is 6.22. The number of anilines is 1. The monoisotopic (exact) mass is 278 g/mol. The summed E-state index contributed by atoms with van der Waals surface area (Å²) in [6.45, 7) is 5.02. The lowest BCUT2D eigenvalue weighted by molar-refractivity contribution is 0.171. The highest BCUT2D eigenvalue weighted by Gasteiger charge is 2.14. The summed E-state index contributed by atoms with van der Waals surface area (Å²) in [5.41, 5.74) is 1.87. The molecule has 2 rings (SSSR count). The van der Waals surface area contributed by atoms with Crippen molar-refractivity contribution in [2.45, 2.75) is 19.9 Å². The minimum absolute atomic E-state index is 0.259. The van der Waals surface area contributed by atoms with E-state index in [0.29, 0.717) is 17.5 Å². The lowest BCUT2D eigenvalue weighted by atomic mass is 10.0. The maximum atomic E-state index is 6.17. The molecule has 1 aromatic heterocycles. The van der Waals surface area contributed by atoms with Crippen molar-refractivity contribution < 1.29 is 4.74 Å². The smallest absolute Gasteiger partial charge is 0.0908 e. The van der Waals surface area contributed by atoms with Crippen molar-refractivity contribution >= 4 is 28.2 Å². The Balaban J connectivity index is 2.37. The number of benzene rings is 1. The molecule has 1 atom stereocenters. The van der Waals surface area contributed by atoms with Crippen LogP contribution in [0.4, 0.5) is 5.69 Å². The molecule has 0 aliphatic carbocycles. The summed E-state index contributed by atoms with van der Waals surface area (Å²) in [5, 5.41) is 5.24. The molecule has 102 valence electrons. The fourth-order valence-corrected chi connectivity index (χ4v) is 2.26. The van der Waals surface area contributed by atoms with Crippen LogP contribution in [-0.2, 0) is 4.74 Å². The van der Waals surface area contributed by atoms with E-state index in [2.05, 4.69) is 24.1 Å². The van der Waals surface area contributed by atoms with E-state index in [1.165, 1.54) is 0 Å². The fraction of sp³-hybridized carbons (Fsp3) is 0.400. The fourth-order valence-electron chi connectivity index (χ4n) is 2.04. The van der Waals surface area contributed by atoms with Crippen molar-refractivity contribution in [2.75, 3.05) is 19.0 Å². The zero-order chi connectivity index (χ0) is 13.8. The van der Waals surface area contributed by atoms with Crippen LogP contribution in [-0.4, -0.2) is 24.7 Å². The number of hydrogen-bond donors (Lipinski definition) is 1. The number of halogens is 1. The van der Waals surface area contributed by atoms with E-state index in [4.69, 9.17) is 16.3 Å². The average molecular weight is 279 g/mol. The Morgan fingerprint density at radius 3 is 2.79 bits per heavy atom. The van der Waals surface area contributed by atoms with Crippen LogP contribution < -0.4 is 5.32 Å². The molecule has 1 N–H and O–H groups in total. The molecule has 0 saturated carbocycles. The van der Waals surface area contributed by atoms with Crippen LogP contribution >= 0.6 is 11.6 Å². The third kappa shape index (κ3) is 3.17. The summed E-state index contributed by atoms with van der Waals surface area (Å²) in [4.78, 5) is 4.34. The molecule has 1 heterocycles. The van der Waals surface area contributed by atoms with Crippen molar-refractivity contribution in [1.29, 1.82) is 0 Å². The number of pyridine rings is 1. The van der Waals surface area contributed by atoms with Gasteiger partial charge in [0, 0.05) is 24.4 Å². The summed E-state index contributed by atoms with van der Waals surface area (Å²) in [5.74, 6) is 0.474. The predicted molar refractivity (Wildman–Crippen MR) is 80.9 cm³/mol. The molecular formula is C15H19ClN2O. The first-order valence-corrected chi connectivity index (χ1v) is 6.80. The Bertz CT molecular complexity index is 557. The molecule has 2 aromatic rings. The minimum Gasteiger partial charge on any atom is -0.383 e. The second-order valence-electron chi connectivity index (χ2n) is 4.94. The molecule has 19 heavy (non-hydrogen) atoms. The zero-order valence-corrected chi connectivity index (χ0v) is 12.2. The Labute approximate surface area is 118 Å². The quantitative estimate of drug-likeness (QED) is 0.898. The maximum absolute atomic E-state index is 6.17. The zero-order valence-electron chi connectivity index (χ0n) is 11.5. The summed E-state index contributed by atoms with van der Waals surface area (Å²) in [6.07, 6.45) is 1.76. The van der Waals surface area contributed by atoms with Gasteiger partial charge in [-0.05, 0) is 30.2 Å². The van der Waals surface area contributed by atoms with Gasteiger partial charge in [-0.1, -0.05) is 25.4 Å². The lowest BCUT2D eigenvalue weighted by Crippen LogP contribution is -2.30. The molecule has 0 radical (unpaired) electrons. The van der Waals surface area contributed by atoms with Gasteiger partial charge in [0.1, 0.15) is 0 Å². The van der Waals surface area contributed by atoms with Crippen LogP contribution in [0.5, 0.6) is 0 Å². The maximum Gasteiger partial charge on any atom is 0.0908 e. The summed E-state index contributed by atoms with van der Waals surface area (Å²) in [6, 6.07) is 8.08. The van der Waals surface area contributed by atoms with Crippen molar-refractivity contribution in [3.05, 3.63) is 35.5 Å². The van der Waals surface area contributed by atoms with Gasteiger partial charge in [-0.3, -0.25) is 4.98 Å². The topological polar surface area (TPSA) is 34.1 Å². The first-order valence-electron chi connectivity index (χ1n) is 6.42. The van der Waals surface area contributed by atoms with E-state index >= 15 is 0 Å². The van der Waals surface area contributed by atoms with Gasteiger partial charge in [-0.15, -0.1) is 0 Å². The van der Waals surface area contributed by atoms with E-state index in [9.17, 15) is 0 Å². The third-order valence-electron chi connectivity index (χ3n) is 3.21. The van der Waals surface area contributed by atoms with Gasteiger partial charge in [0.15, 0.2) is 0 Å². The van der Waals surface area contributed by atoms with Gasteiger partial charge in [-0.2, -0.15) is 0 Å². The minimum atomic E-state index is 0.259. The number of rotatable bonds is 5. The van der Waals surface area contributed by atoms with Crippen molar-refractivity contribution in [2.24, 2.45) is 5.92 Å². The Hall–Kier alpha value is -1.32. The van der Waals surface area contributed by atoms with E-state index in [-0.39, 0.29) is 6.04 Å². The van der Waals surface area contributed by atoms with E-state index in [0.717, 1.165) is 16.6 Å². The number of hydrogen-bond acceptors (Lipinski definition) is 3. The Morgan fingerprint density at radius 2 is 2.11 bits per heavy atom. The average Bonchev–Trinajstić information content (AvgIpc) is 2.41. The second-order valence-corrected chi connectivity index (χ2v) is 5.35. The van der Waals surface area contributed by atoms with E-state index in [1.807, 2.05) is 24.3 Å². The normalized spacial score (nSPS) is 12.9. The van der Waals surface area contributed by atoms with Crippen LogP contribution in [0.2, 0.25) is 5.02 Å². The number of nitrogens with zero attached hydrogens (tertiary/aromatic N) is 1. The number of aromatic nitrogens is 1. The standard InChI is InChI=1S/C15H19ClN2O/c1-10(2)14(9-19-3)18-13-7-6-12(16)15-11(13)5-4-8-17-15/h4-8,10,14,18H,9H2,1-3H3. The number of methoxy groups -OCH3 is 1. The SMILES string of the molecule is COCC(Nc1ccc(Cl)c2ncccc12)C(C)C. The summed E-state index contributed by atoms with van der Waals surface area (Å²) >= 11 is 6.17. The van der Waals surface area contributed by atoms with Gasteiger partial charge in [0.2, 0.25) is 0 Å². The van der Waals surface area contributed by atoms with Crippen molar-refractivity contribution in [3.8, 4) is 0 Å². The molecule has 4 heteroatoms. The number of nitrogens with one attached hydrogen (secondary N) is 1. The highest BCUT2D eigenvalue weighted by atomic mass is 35.5. The molecule has 0 bridgehead atoms. The van der Waals surface area contributed by atoms with Crippen LogP contribution in [0.15, 0.2) is 30.5 Å². The Kier molecular flexibility index (Phi) is 4.61. The lowest BCUT2D eigenvalue weighted by Gasteiger charge is -2.23. The van der Waals surface area contributed by atoms with Crippen LogP contribution in [0, 0.1) is 5.92 Å². The number of fused-ring (bicyclic) bond motifs is 1. The van der Waals surface area contributed by atoms with Gasteiger partial charge in [0.25, 0.3) is 0 Å². The predicted octanol–water partition coefficient (Wildman–Crippen LogP) is 3.97. The van der Waals surface area contributed by atoms with Gasteiger partial charge in [-0.25, -0.2) is 0 Å². The van der Waals surface area contributed by atoms with E-state index in [1.54, 1.807) is 13.3 Å². The van der Waals surface area contributed by atoms with Gasteiger partial charge < -0.3 is 10.1 Å². The molecule has 0 aliphatic heterocycles. The molecule has 0 spiro atoms. The van der Waals surface area contributed by atoms with Crippen molar-refractivity contribution in [3.63, 3.8) is 0 Å². The first kappa shape index (κ1) is 14.1. The highest BCUT2D eigenvalue weighted by Crippen LogP contribution is 2.29. The molecule has 0 saturated heterocycles. The molecular weight excluding hydrogens is 260 g/mol. The molecule has 1 aromatic carbocycles. The van der Waals surface area contributed by atoms with E-state index < -0.39 is 0 Å². The molecule has 3 nitrogen and oxygen atoms in total. The van der Waals surface area contributed by atoms with Crippen molar-refractivity contribution in [1.82, 2.24) is 4.98 Å². The largest absolute Gasteiger partial charge is 0.383 e.